The van der Waals surface area contributed by atoms with Crippen LogP contribution in [-0.4, -0.2) is 30.3 Å². The van der Waals surface area contributed by atoms with Crippen molar-refractivity contribution >= 4 is 12.0 Å². The van der Waals surface area contributed by atoms with E-state index >= 15 is 0 Å². The summed E-state index contributed by atoms with van der Waals surface area (Å²) in [5.74, 6) is 0.135. The van der Waals surface area contributed by atoms with E-state index in [1.54, 1.807) is 12.1 Å². The Kier molecular flexibility index (Phi) is 3.92. The van der Waals surface area contributed by atoms with Crippen molar-refractivity contribution in [3.63, 3.8) is 0 Å². The highest BCUT2D eigenvalue weighted by atomic mass is 19.1. The molecule has 21 heavy (non-hydrogen) atoms. The summed E-state index contributed by atoms with van der Waals surface area (Å²) < 4.78 is 18.7. The molecule has 1 amide bonds. The van der Waals surface area contributed by atoms with Crippen molar-refractivity contribution in [2.24, 2.45) is 5.92 Å². The monoisotopic (exact) mass is 291 g/mol. The molecular weight excluding hydrogens is 273 g/mol. The second kappa shape index (κ2) is 5.85. The molecule has 1 aromatic carbocycles. The fourth-order valence-corrected chi connectivity index (χ4v) is 2.87. The summed E-state index contributed by atoms with van der Waals surface area (Å²) in [6, 6.07) is 4.24. The number of rotatable bonds is 3. The minimum absolute atomic E-state index is 0.129. The standard InChI is InChI=1S/C16H18FNO3/c17-13-4-5-15-11(7-13)6-12(9-21-15)16(20)18-8-10-2-1-3-14(10)19/h4-7,10,14,19H,1-3,8-9H2,(H,18,20). The van der Waals surface area contributed by atoms with Crippen molar-refractivity contribution in [2.75, 3.05) is 13.2 Å². The van der Waals surface area contributed by atoms with Crippen LogP contribution in [0.25, 0.3) is 6.08 Å². The Balaban J connectivity index is 1.65. The summed E-state index contributed by atoms with van der Waals surface area (Å²) in [6.07, 6.45) is 4.07. The average molecular weight is 291 g/mol. The normalized spacial score (nSPS) is 24.0. The molecule has 0 saturated heterocycles. The molecule has 1 saturated carbocycles. The molecule has 0 bridgehead atoms. The van der Waals surface area contributed by atoms with Crippen molar-refractivity contribution in [3.05, 3.63) is 35.2 Å². The quantitative estimate of drug-likeness (QED) is 0.894. The number of halogens is 1. The van der Waals surface area contributed by atoms with Gasteiger partial charge in [0.25, 0.3) is 5.91 Å². The van der Waals surface area contributed by atoms with Crippen molar-refractivity contribution in [3.8, 4) is 5.75 Å². The van der Waals surface area contributed by atoms with E-state index in [9.17, 15) is 14.3 Å². The Hall–Kier alpha value is -1.88. The topological polar surface area (TPSA) is 58.6 Å². The summed E-state index contributed by atoms with van der Waals surface area (Å²) in [7, 11) is 0. The van der Waals surface area contributed by atoms with Crippen LogP contribution in [0.5, 0.6) is 5.75 Å². The maximum atomic E-state index is 13.2. The van der Waals surface area contributed by atoms with Crippen molar-refractivity contribution < 1.29 is 19.0 Å². The molecule has 112 valence electrons. The number of carbonyl (C=O) groups excluding carboxylic acids is 1. The lowest BCUT2D eigenvalue weighted by molar-refractivity contribution is -0.118. The summed E-state index contributed by atoms with van der Waals surface area (Å²) >= 11 is 0. The van der Waals surface area contributed by atoms with Crippen LogP contribution in [-0.2, 0) is 4.79 Å². The number of fused-ring (bicyclic) bond motifs is 1. The van der Waals surface area contributed by atoms with Crippen LogP contribution < -0.4 is 10.1 Å². The molecule has 3 rings (SSSR count). The van der Waals surface area contributed by atoms with Gasteiger partial charge in [-0.2, -0.15) is 0 Å². The van der Waals surface area contributed by atoms with Crippen molar-refractivity contribution in [1.29, 1.82) is 0 Å². The summed E-state index contributed by atoms with van der Waals surface area (Å²) in [5.41, 5.74) is 1.05. The van der Waals surface area contributed by atoms with Crippen LogP contribution in [0.4, 0.5) is 4.39 Å². The molecule has 1 heterocycles. The Morgan fingerprint density at radius 3 is 3.05 bits per heavy atom. The Morgan fingerprint density at radius 1 is 1.43 bits per heavy atom. The lowest BCUT2D eigenvalue weighted by Gasteiger charge is -2.19. The van der Waals surface area contributed by atoms with E-state index in [1.807, 2.05) is 0 Å². The van der Waals surface area contributed by atoms with E-state index in [4.69, 9.17) is 4.74 Å². The summed E-state index contributed by atoms with van der Waals surface area (Å²) in [6.45, 7) is 0.644. The zero-order valence-electron chi connectivity index (χ0n) is 11.6. The zero-order valence-corrected chi connectivity index (χ0v) is 11.6. The third-order valence-corrected chi connectivity index (χ3v) is 4.12. The SMILES string of the molecule is O=C(NCC1CCCC1O)C1=Cc2cc(F)ccc2OC1. The molecule has 1 aliphatic carbocycles. The molecule has 0 spiro atoms. The van der Waals surface area contributed by atoms with Gasteiger partial charge in [0, 0.05) is 18.0 Å². The second-order valence-corrected chi connectivity index (χ2v) is 5.61. The molecule has 2 N–H and O–H groups in total. The second-order valence-electron chi connectivity index (χ2n) is 5.61. The van der Waals surface area contributed by atoms with Gasteiger partial charge < -0.3 is 15.2 Å². The third kappa shape index (κ3) is 3.08. The van der Waals surface area contributed by atoms with E-state index < -0.39 is 0 Å². The van der Waals surface area contributed by atoms with Gasteiger partial charge in [0.2, 0.25) is 0 Å². The number of aliphatic hydroxyl groups excluding tert-OH is 1. The molecular formula is C16H18FNO3. The van der Waals surface area contributed by atoms with Gasteiger partial charge in [0.15, 0.2) is 0 Å². The molecule has 0 radical (unpaired) electrons. The summed E-state index contributed by atoms with van der Waals surface area (Å²) in [5, 5.41) is 12.6. The Morgan fingerprint density at radius 2 is 2.29 bits per heavy atom. The fraction of sp³-hybridized carbons (Fsp3) is 0.438. The number of benzene rings is 1. The van der Waals surface area contributed by atoms with Gasteiger partial charge in [0.05, 0.1) is 11.7 Å². The number of nitrogens with one attached hydrogen (secondary N) is 1. The number of hydrogen-bond acceptors (Lipinski definition) is 3. The highest BCUT2D eigenvalue weighted by Gasteiger charge is 2.26. The van der Waals surface area contributed by atoms with Crippen LogP contribution in [0, 0.1) is 11.7 Å². The average Bonchev–Trinajstić information content (AvgIpc) is 2.89. The maximum Gasteiger partial charge on any atom is 0.250 e. The molecule has 1 fully saturated rings. The number of carbonyl (C=O) groups is 1. The molecule has 2 atom stereocenters. The molecule has 4 nitrogen and oxygen atoms in total. The molecule has 2 aliphatic rings. The minimum Gasteiger partial charge on any atom is -0.488 e. The molecule has 1 aliphatic heterocycles. The van der Waals surface area contributed by atoms with Crippen molar-refractivity contribution in [1.82, 2.24) is 5.32 Å². The zero-order chi connectivity index (χ0) is 14.8. The first-order chi connectivity index (χ1) is 10.1. The van der Waals surface area contributed by atoms with Crippen LogP contribution in [0.2, 0.25) is 0 Å². The number of amides is 1. The Bertz CT molecular complexity index is 585. The summed E-state index contributed by atoms with van der Waals surface area (Å²) in [4.78, 5) is 12.1. The molecule has 0 aromatic heterocycles. The van der Waals surface area contributed by atoms with E-state index in [-0.39, 0.29) is 30.4 Å². The molecule has 5 heteroatoms. The predicted molar refractivity (Wildman–Crippen MR) is 76.2 cm³/mol. The first-order valence-electron chi connectivity index (χ1n) is 7.22. The van der Waals surface area contributed by atoms with Crippen LogP contribution >= 0.6 is 0 Å². The fourth-order valence-electron chi connectivity index (χ4n) is 2.87. The highest BCUT2D eigenvalue weighted by Crippen LogP contribution is 2.27. The van der Waals surface area contributed by atoms with E-state index in [0.29, 0.717) is 23.4 Å². The number of ether oxygens (including phenoxy) is 1. The maximum absolute atomic E-state index is 13.2. The van der Waals surface area contributed by atoms with Gasteiger partial charge >= 0.3 is 0 Å². The van der Waals surface area contributed by atoms with Gasteiger partial charge in [-0.15, -0.1) is 0 Å². The van der Waals surface area contributed by atoms with Crippen LogP contribution in [0.1, 0.15) is 24.8 Å². The third-order valence-electron chi connectivity index (χ3n) is 4.12. The molecule has 2 unspecified atom stereocenters. The predicted octanol–water partition coefficient (Wildman–Crippen LogP) is 1.88. The van der Waals surface area contributed by atoms with Gasteiger partial charge in [-0.3, -0.25) is 4.79 Å². The van der Waals surface area contributed by atoms with E-state index in [2.05, 4.69) is 5.32 Å². The first kappa shape index (κ1) is 14.1. The van der Waals surface area contributed by atoms with E-state index in [0.717, 1.165) is 19.3 Å². The first-order valence-corrected chi connectivity index (χ1v) is 7.22. The largest absolute Gasteiger partial charge is 0.488 e. The lowest BCUT2D eigenvalue weighted by Crippen LogP contribution is -2.34. The van der Waals surface area contributed by atoms with Gasteiger partial charge in [-0.05, 0) is 37.1 Å². The highest BCUT2D eigenvalue weighted by molar-refractivity contribution is 5.99. The lowest BCUT2D eigenvalue weighted by atomic mass is 10.0. The Labute approximate surface area is 122 Å². The van der Waals surface area contributed by atoms with Crippen LogP contribution in [0.3, 0.4) is 0 Å². The number of hydrogen-bond donors (Lipinski definition) is 2. The van der Waals surface area contributed by atoms with Gasteiger partial charge in [0.1, 0.15) is 18.2 Å². The van der Waals surface area contributed by atoms with Crippen LogP contribution in [0.15, 0.2) is 23.8 Å². The van der Waals surface area contributed by atoms with Gasteiger partial charge in [-0.25, -0.2) is 4.39 Å². The smallest absolute Gasteiger partial charge is 0.250 e. The van der Waals surface area contributed by atoms with E-state index in [1.165, 1.54) is 12.1 Å². The minimum atomic E-state index is -0.357. The number of aliphatic hydroxyl groups is 1. The molecule has 1 aromatic rings. The van der Waals surface area contributed by atoms with Gasteiger partial charge in [-0.1, -0.05) is 6.42 Å². The van der Waals surface area contributed by atoms with Crippen molar-refractivity contribution in [2.45, 2.75) is 25.4 Å².